The van der Waals surface area contributed by atoms with Crippen LogP contribution in [0.4, 0.5) is 11.6 Å². The van der Waals surface area contributed by atoms with E-state index in [0.717, 1.165) is 5.56 Å². The molecule has 0 radical (unpaired) electrons. The maximum absolute atomic E-state index is 12.4. The van der Waals surface area contributed by atoms with E-state index in [0.29, 0.717) is 12.2 Å². The van der Waals surface area contributed by atoms with Crippen LogP contribution in [-0.4, -0.2) is 45.2 Å². The van der Waals surface area contributed by atoms with Crippen molar-refractivity contribution in [2.75, 3.05) is 5.32 Å². The SMILES string of the molecule is Cc1cccc(Cn2cc(NC(=O)c3ccn(Cn4cnc([N+](=O)[O-])n4)n3)cn2)c1. The smallest absolute Gasteiger partial charge is 0.390 e. The fourth-order valence-electron chi connectivity index (χ4n) is 2.85. The first kappa shape index (κ1) is 19.0. The summed E-state index contributed by atoms with van der Waals surface area (Å²) in [5, 5.41) is 25.5. The molecule has 1 amide bonds. The number of nitrogens with one attached hydrogen (secondary N) is 1. The first-order chi connectivity index (χ1) is 14.5. The topological polar surface area (TPSA) is 139 Å². The molecule has 1 aromatic carbocycles. The summed E-state index contributed by atoms with van der Waals surface area (Å²) in [6, 6.07) is 9.66. The summed E-state index contributed by atoms with van der Waals surface area (Å²) in [6.45, 7) is 2.71. The van der Waals surface area contributed by atoms with Crippen molar-refractivity contribution in [2.24, 2.45) is 0 Å². The van der Waals surface area contributed by atoms with Crippen LogP contribution in [0.3, 0.4) is 0 Å². The molecule has 12 nitrogen and oxygen atoms in total. The molecule has 4 rings (SSSR count). The standard InChI is InChI=1S/C18H17N9O3/c1-13-3-2-4-14(7-13)9-25-10-15(8-20-25)21-17(28)16-5-6-24(22-16)12-26-11-19-18(23-26)27(29)30/h2-8,10-11H,9,12H2,1H3,(H,21,28). The summed E-state index contributed by atoms with van der Waals surface area (Å²) in [5.74, 6) is -0.892. The predicted octanol–water partition coefficient (Wildman–Crippen LogP) is 1.69. The lowest BCUT2D eigenvalue weighted by Crippen LogP contribution is -2.14. The maximum Gasteiger partial charge on any atom is 0.491 e. The normalized spacial score (nSPS) is 10.8. The third kappa shape index (κ3) is 4.38. The molecule has 3 aromatic heterocycles. The number of carbonyl (C=O) groups is 1. The molecule has 3 heterocycles. The molecule has 152 valence electrons. The molecule has 12 heteroatoms. The lowest BCUT2D eigenvalue weighted by Gasteiger charge is -2.03. The number of rotatable bonds is 7. The van der Waals surface area contributed by atoms with E-state index < -0.39 is 16.8 Å². The number of amides is 1. The van der Waals surface area contributed by atoms with E-state index >= 15 is 0 Å². The van der Waals surface area contributed by atoms with Crippen molar-refractivity contribution in [1.29, 1.82) is 0 Å². The number of aryl methyl sites for hydroxylation is 1. The minimum absolute atomic E-state index is 0.0859. The highest BCUT2D eigenvalue weighted by atomic mass is 16.6. The van der Waals surface area contributed by atoms with Gasteiger partial charge in [0.15, 0.2) is 12.4 Å². The molecular formula is C18H17N9O3. The molecule has 0 saturated heterocycles. The largest absolute Gasteiger partial charge is 0.491 e. The number of aromatic nitrogens is 7. The summed E-state index contributed by atoms with van der Waals surface area (Å²) in [4.78, 5) is 26.0. The van der Waals surface area contributed by atoms with Gasteiger partial charge in [-0.05, 0) is 23.5 Å². The highest BCUT2D eigenvalue weighted by Gasteiger charge is 2.15. The van der Waals surface area contributed by atoms with Gasteiger partial charge in [-0.15, -0.1) is 0 Å². The maximum atomic E-state index is 12.4. The van der Waals surface area contributed by atoms with E-state index in [1.165, 1.54) is 27.3 Å². The number of nitro groups is 1. The van der Waals surface area contributed by atoms with E-state index in [1.807, 2.05) is 25.1 Å². The predicted molar refractivity (Wildman–Crippen MR) is 105 cm³/mol. The zero-order valence-corrected chi connectivity index (χ0v) is 15.9. The Morgan fingerprint density at radius 2 is 2.07 bits per heavy atom. The molecule has 30 heavy (non-hydrogen) atoms. The Hall–Kier alpha value is -4.35. The fourth-order valence-corrected chi connectivity index (χ4v) is 2.85. The molecule has 0 aliphatic rings. The zero-order valence-electron chi connectivity index (χ0n) is 15.9. The zero-order chi connectivity index (χ0) is 21.1. The van der Waals surface area contributed by atoms with Crippen LogP contribution in [0.5, 0.6) is 0 Å². The Kier molecular flexibility index (Phi) is 5.03. The molecule has 1 N–H and O–H groups in total. The van der Waals surface area contributed by atoms with E-state index in [4.69, 9.17) is 0 Å². The van der Waals surface area contributed by atoms with Crippen LogP contribution in [0.1, 0.15) is 21.6 Å². The molecule has 0 unspecified atom stereocenters. The van der Waals surface area contributed by atoms with Gasteiger partial charge in [0.25, 0.3) is 5.91 Å². The van der Waals surface area contributed by atoms with Crippen molar-refractivity contribution in [1.82, 2.24) is 34.3 Å². The number of benzene rings is 1. The van der Waals surface area contributed by atoms with Gasteiger partial charge in [0.2, 0.25) is 6.33 Å². The van der Waals surface area contributed by atoms with E-state index in [-0.39, 0.29) is 12.4 Å². The van der Waals surface area contributed by atoms with Gasteiger partial charge in [-0.2, -0.15) is 14.9 Å². The van der Waals surface area contributed by atoms with Crippen LogP contribution in [0, 0.1) is 17.0 Å². The molecule has 0 bridgehead atoms. The minimum atomic E-state index is -0.683. The summed E-state index contributed by atoms with van der Waals surface area (Å²) in [7, 11) is 0. The summed E-state index contributed by atoms with van der Waals surface area (Å²) < 4.78 is 4.41. The number of nitrogens with zero attached hydrogens (tertiary/aromatic N) is 8. The van der Waals surface area contributed by atoms with Gasteiger partial charge in [-0.3, -0.25) is 9.48 Å². The van der Waals surface area contributed by atoms with Gasteiger partial charge >= 0.3 is 5.95 Å². The summed E-state index contributed by atoms with van der Waals surface area (Å²) >= 11 is 0. The molecule has 0 saturated carbocycles. The van der Waals surface area contributed by atoms with E-state index in [2.05, 4.69) is 31.7 Å². The first-order valence-electron chi connectivity index (χ1n) is 8.93. The van der Waals surface area contributed by atoms with Crippen LogP contribution in [0.2, 0.25) is 0 Å². The fraction of sp³-hybridized carbons (Fsp3) is 0.167. The van der Waals surface area contributed by atoms with Crippen molar-refractivity contribution in [3.05, 3.63) is 82.2 Å². The van der Waals surface area contributed by atoms with Gasteiger partial charge in [0.1, 0.15) is 0 Å². The Bertz CT molecular complexity index is 1210. The minimum Gasteiger partial charge on any atom is -0.390 e. The first-order valence-corrected chi connectivity index (χ1v) is 8.93. The van der Waals surface area contributed by atoms with Gasteiger partial charge < -0.3 is 15.4 Å². The van der Waals surface area contributed by atoms with Crippen LogP contribution in [0.15, 0.2) is 55.2 Å². The Morgan fingerprint density at radius 3 is 2.83 bits per heavy atom. The molecule has 0 spiro atoms. The van der Waals surface area contributed by atoms with Crippen molar-refractivity contribution >= 4 is 17.5 Å². The average Bonchev–Trinajstić information content (AvgIpc) is 3.44. The van der Waals surface area contributed by atoms with Crippen molar-refractivity contribution in [3.63, 3.8) is 0 Å². The third-order valence-corrected chi connectivity index (χ3v) is 4.17. The number of hydrogen-bond acceptors (Lipinski definition) is 7. The highest BCUT2D eigenvalue weighted by molar-refractivity contribution is 6.02. The van der Waals surface area contributed by atoms with Gasteiger partial charge in [-0.25, -0.2) is 4.68 Å². The second kappa shape index (κ2) is 7.95. The molecule has 0 aliphatic carbocycles. The Balaban J connectivity index is 1.37. The summed E-state index contributed by atoms with van der Waals surface area (Å²) in [6.07, 6.45) is 6.11. The van der Waals surface area contributed by atoms with Crippen molar-refractivity contribution in [2.45, 2.75) is 20.1 Å². The van der Waals surface area contributed by atoms with Crippen LogP contribution >= 0.6 is 0 Å². The average molecular weight is 407 g/mol. The number of carbonyl (C=O) groups excluding carboxylic acids is 1. The molecule has 0 aliphatic heterocycles. The lowest BCUT2D eigenvalue weighted by atomic mass is 10.1. The van der Waals surface area contributed by atoms with Crippen molar-refractivity contribution < 1.29 is 9.72 Å². The third-order valence-electron chi connectivity index (χ3n) is 4.17. The van der Waals surface area contributed by atoms with Gasteiger partial charge in [-0.1, -0.05) is 34.8 Å². The molecular weight excluding hydrogens is 390 g/mol. The number of anilines is 1. The highest BCUT2D eigenvalue weighted by Crippen LogP contribution is 2.11. The van der Waals surface area contributed by atoms with Crippen LogP contribution in [0.25, 0.3) is 0 Å². The van der Waals surface area contributed by atoms with E-state index in [9.17, 15) is 14.9 Å². The van der Waals surface area contributed by atoms with Crippen molar-refractivity contribution in [3.8, 4) is 0 Å². The summed E-state index contributed by atoms with van der Waals surface area (Å²) in [5.41, 5.74) is 3.03. The second-order valence-corrected chi connectivity index (χ2v) is 6.59. The molecule has 0 atom stereocenters. The van der Waals surface area contributed by atoms with Crippen LogP contribution in [-0.2, 0) is 13.2 Å². The molecule has 0 fully saturated rings. The monoisotopic (exact) mass is 407 g/mol. The quantitative estimate of drug-likeness (QED) is 0.363. The Labute approximate surface area is 169 Å². The van der Waals surface area contributed by atoms with E-state index in [1.54, 1.807) is 23.3 Å². The molecule has 4 aromatic rings. The Morgan fingerprint density at radius 1 is 1.20 bits per heavy atom. The second-order valence-electron chi connectivity index (χ2n) is 6.59. The lowest BCUT2D eigenvalue weighted by molar-refractivity contribution is -0.394. The van der Waals surface area contributed by atoms with Crippen LogP contribution < -0.4 is 5.32 Å². The van der Waals surface area contributed by atoms with Gasteiger partial charge in [0, 0.05) is 17.5 Å². The number of hydrogen-bond donors (Lipinski definition) is 1. The van der Waals surface area contributed by atoms with Gasteiger partial charge in [0.05, 0.1) is 18.4 Å².